The molecule has 4 heteroatoms. The van der Waals surface area contributed by atoms with Crippen LogP contribution in [0.15, 0.2) is 0 Å². The van der Waals surface area contributed by atoms with Crippen molar-refractivity contribution in [3.63, 3.8) is 0 Å². The minimum absolute atomic E-state index is 0.591. The number of nitrogens with zero attached hydrogens (tertiary/aromatic N) is 1. The van der Waals surface area contributed by atoms with Gasteiger partial charge in [0.05, 0.1) is 0 Å². The Hall–Kier alpha value is -0.350. The molecule has 2 heterocycles. The molecule has 1 aliphatic carbocycles. The van der Waals surface area contributed by atoms with Gasteiger partial charge < -0.3 is 10.6 Å². The summed E-state index contributed by atoms with van der Waals surface area (Å²) in [7, 11) is 1.91. The van der Waals surface area contributed by atoms with Crippen molar-refractivity contribution >= 4 is 17.3 Å². The number of fused-ring (bicyclic) bond motifs is 2. The summed E-state index contributed by atoms with van der Waals surface area (Å²) in [6.07, 6.45) is 12.6. The van der Waals surface area contributed by atoms with E-state index in [-0.39, 0.29) is 0 Å². The van der Waals surface area contributed by atoms with Gasteiger partial charge in [0.2, 0.25) is 0 Å². The highest BCUT2D eigenvalue weighted by atomic mass is 32.1. The second-order valence-corrected chi connectivity index (χ2v) is 6.92. The molecule has 3 aliphatic rings. The lowest BCUT2D eigenvalue weighted by Crippen LogP contribution is -2.60. The van der Waals surface area contributed by atoms with Crippen molar-refractivity contribution < 1.29 is 0 Å². The van der Waals surface area contributed by atoms with Gasteiger partial charge in [-0.15, -0.1) is 0 Å². The Kier molecular flexibility index (Phi) is 4.27. The third-order valence-electron chi connectivity index (χ3n) is 5.34. The molecule has 0 amide bonds. The van der Waals surface area contributed by atoms with E-state index in [1.165, 1.54) is 57.8 Å². The summed E-state index contributed by atoms with van der Waals surface area (Å²) in [6, 6.07) is 3.11. The Morgan fingerprint density at radius 2 is 1.53 bits per heavy atom. The van der Waals surface area contributed by atoms with Gasteiger partial charge in [-0.1, -0.05) is 19.3 Å². The zero-order chi connectivity index (χ0) is 13.2. The molecule has 3 nitrogen and oxygen atoms in total. The van der Waals surface area contributed by atoms with E-state index in [1.807, 2.05) is 7.05 Å². The van der Waals surface area contributed by atoms with Gasteiger partial charge in [-0.2, -0.15) is 0 Å². The first-order valence-corrected chi connectivity index (χ1v) is 8.44. The fourth-order valence-corrected chi connectivity index (χ4v) is 4.76. The van der Waals surface area contributed by atoms with Gasteiger partial charge in [0.15, 0.2) is 5.11 Å². The van der Waals surface area contributed by atoms with Crippen molar-refractivity contribution in [3.05, 3.63) is 0 Å². The molecular formula is C15H27N3S. The molecule has 0 aromatic rings. The maximum atomic E-state index is 5.27. The van der Waals surface area contributed by atoms with E-state index in [1.54, 1.807) is 0 Å². The zero-order valence-corrected chi connectivity index (χ0v) is 12.8. The predicted octanol–water partition coefficient (Wildman–Crippen LogP) is 2.41. The summed E-state index contributed by atoms with van der Waals surface area (Å²) in [5.74, 6) is 0. The van der Waals surface area contributed by atoms with Crippen LogP contribution in [0.25, 0.3) is 0 Å². The van der Waals surface area contributed by atoms with Crippen molar-refractivity contribution in [2.75, 3.05) is 7.05 Å². The molecule has 2 saturated heterocycles. The predicted molar refractivity (Wildman–Crippen MR) is 83.3 cm³/mol. The number of rotatable bonds is 2. The lowest BCUT2D eigenvalue weighted by atomic mass is 9.80. The summed E-state index contributed by atoms with van der Waals surface area (Å²) >= 11 is 5.27. The topological polar surface area (TPSA) is 27.3 Å². The van der Waals surface area contributed by atoms with Gasteiger partial charge >= 0.3 is 0 Å². The van der Waals surface area contributed by atoms with Gasteiger partial charge in [0, 0.05) is 31.2 Å². The van der Waals surface area contributed by atoms with Gasteiger partial charge in [0.25, 0.3) is 0 Å². The normalized spacial score (nSPS) is 36.2. The van der Waals surface area contributed by atoms with E-state index in [4.69, 9.17) is 12.2 Å². The molecule has 0 aromatic heterocycles. The van der Waals surface area contributed by atoms with Gasteiger partial charge in [-0.25, -0.2) is 0 Å². The first-order chi connectivity index (χ1) is 9.28. The van der Waals surface area contributed by atoms with Crippen LogP contribution in [-0.4, -0.2) is 41.2 Å². The van der Waals surface area contributed by atoms with Crippen LogP contribution in [0.4, 0.5) is 0 Å². The third kappa shape index (κ3) is 2.89. The van der Waals surface area contributed by atoms with E-state index in [2.05, 4.69) is 15.5 Å². The van der Waals surface area contributed by atoms with Gasteiger partial charge in [-0.05, 0) is 50.7 Å². The van der Waals surface area contributed by atoms with E-state index >= 15 is 0 Å². The Labute approximate surface area is 122 Å². The van der Waals surface area contributed by atoms with Crippen LogP contribution in [0.1, 0.15) is 57.8 Å². The Morgan fingerprint density at radius 3 is 2.11 bits per heavy atom. The molecule has 2 N–H and O–H groups in total. The summed E-state index contributed by atoms with van der Waals surface area (Å²) in [5.41, 5.74) is 0. The Balaban J connectivity index is 1.65. The fraction of sp³-hybridized carbons (Fsp3) is 0.933. The molecule has 0 spiro atoms. The second-order valence-electron chi connectivity index (χ2n) is 6.52. The molecule has 1 saturated carbocycles. The highest BCUT2D eigenvalue weighted by Gasteiger charge is 2.42. The van der Waals surface area contributed by atoms with E-state index in [0.717, 1.165) is 23.2 Å². The second kappa shape index (κ2) is 5.96. The van der Waals surface area contributed by atoms with Gasteiger partial charge in [-0.3, -0.25) is 4.90 Å². The maximum Gasteiger partial charge on any atom is 0.166 e. The smallest absolute Gasteiger partial charge is 0.166 e. The van der Waals surface area contributed by atoms with E-state index in [9.17, 15) is 0 Å². The van der Waals surface area contributed by atoms with Crippen molar-refractivity contribution in [3.8, 4) is 0 Å². The quantitative estimate of drug-likeness (QED) is 0.760. The number of hydrogen-bond acceptors (Lipinski definition) is 2. The summed E-state index contributed by atoms with van der Waals surface area (Å²) in [5, 5.41) is 7.37. The van der Waals surface area contributed by atoms with E-state index in [0.29, 0.717) is 6.04 Å². The molecule has 2 aliphatic heterocycles. The summed E-state index contributed by atoms with van der Waals surface area (Å²) in [4.78, 5) is 2.91. The minimum Gasteiger partial charge on any atom is -0.366 e. The standard InChI is InChI=1S/C15H27N3S/c1-16-15(19)17-11-9-13-7-4-8-14(10-11)18(13)12-5-2-3-6-12/h11-14H,2-10H2,1H3,(H2,16,17,19)/t13-,14-/m1/s1. The maximum absolute atomic E-state index is 5.27. The number of hydrogen-bond donors (Lipinski definition) is 2. The molecule has 2 bridgehead atoms. The summed E-state index contributed by atoms with van der Waals surface area (Å²) < 4.78 is 0. The molecule has 108 valence electrons. The average Bonchev–Trinajstić information content (AvgIpc) is 2.91. The van der Waals surface area contributed by atoms with Crippen LogP contribution < -0.4 is 10.6 Å². The van der Waals surface area contributed by atoms with Crippen molar-refractivity contribution in [2.24, 2.45) is 0 Å². The average molecular weight is 281 g/mol. The van der Waals surface area contributed by atoms with E-state index < -0.39 is 0 Å². The van der Waals surface area contributed by atoms with Crippen LogP contribution in [-0.2, 0) is 0 Å². The molecule has 0 unspecified atom stereocenters. The van der Waals surface area contributed by atoms with Crippen LogP contribution in [0.2, 0.25) is 0 Å². The first kappa shape index (κ1) is 13.6. The molecular weight excluding hydrogens is 254 g/mol. The molecule has 2 atom stereocenters. The van der Waals surface area contributed by atoms with Crippen LogP contribution in [0, 0.1) is 0 Å². The lowest BCUT2D eigenvalue weighted by Gasteiger charge is -2.52. The van der Waals surface area contributed by atoms with Crippen LogP contribution in [0.5, 0.6) is 0 Å². The van der Waals surface area contributed by atoms with Crippen LogP contribution >= 0.6 is 12.2 Å². The number of thiocarbonyl (C=S) groups is 1. The van der Waals surface area contributed by atoms with Gasteiger partial charge in [0.1, 0.15) is 0 Å². The van der Waals surface area contributed by atoms with Crippen LogP contribution in [0.3, 0.4) is 0 Å². The fourth-order valence-electron chi connectivity index (χ4n) is 4.59. The largest absolute Gasteiger partial charge is 0.366 e. The highest BCUT2D eigenvalue weighted by molar-refractivity contribution is 7.80. The molecule has 3 rings (SSSR count). The Bertz CT molecular complexity index is 313. The summed E-state index contributed by atoms with van der Waals surface area (Å²) in [6.45, 7) is 0. The SMILES string of the molecule is CNC(=S)NC1C[C@H]2CCC[C@H](C1)N2C1CCCC1. The van der Waals surface area contributed by atoms with Crippen molar-refractivity contribution in [1.82, 2.24) is 15.5 Å². The first-order valence-electron chi connectivity index (χ1n) is 8.03. The van der Waals surface area contributed by atoms with Crippen molar-refractivity contribution in [2.45, 2.75) is 82.0 Å². The zero-order valence-electron chi connectivity index (χ0n) is 12.0. The highest BCUT2D eigenvalue weighted by Crippen LogP contribution is 2.39. The number of piperidine rings is 2. The molecule has 0 aromatic carbocycles. The number of nitrogens with one attached hydrogen (secondary N) is 2. The Morgan fingerprint density at radius 1 is 0.947 bits per heavy atom. The lowest BCUT2D eigenvalue weighted by molar-refractivity contribution is -0.00606. The third-order valence-corrected chi connectivity index (χ3v) is 5.66. The molecule has 19 heavy (non-hydrogen) atoms. The minimum atomic E-state index is 0.591. The monoisotopic (exact) mass is 281 g/mol. The van der Waals surface area contributed by atoms with Crippen molar-refractivity contribution in [1.29, 1.82) is 0 Å². The molecule has 3 fully saturated rings. The molecule has 0 radical (unpaired) electrons.